The Kier molecular flexibility index (Phi) is 5.08. The number of hydrogen-bond donors (Lipinski definition) is 0. The highest BCUT2D eigenvalue weighted by molar-refractivity contribution is 8.00. The zero-order valence-corrected chi connectivity index (χ0v) is 14.4. The van der Waals surface area contributed by atoms with E-state index in [1.54, 1.807) is 48.1 Å². The average molecular weight is 358 g/mol. The molecule has 0 amide bonds. The molecule has 6 nitrogen and oxygen atoms in total. The standard InChI is InChI=1S/C17H15FN4O2S/c1-11(16(23)24-2)25-17-21-20-15(12-6-5-9-19-10-12)22(17)14-8-4-3-7-13(14)18/h3-11H,1-2H3/t11-/m1/s1. The first-order valence-corrected chi connectivity index (χ1v) is 8.35. The Morgan fingerprint density at radius 1 is 1.24 bits per heavy atom. The van der Waals surface area contributed by atoms with E-state index in [2.05, 4.69) is 15.2 Å². The van der Waals surface area contributed by atoms with Crippen LogP contribution in [0.3, 0.4) is 0 Å². The summed E-state index contributed by atoms with van der Waals surface area (Å²) in [5, 5.41) is 8.19. The lowest BCUT2D eigenvalue weighted by atomic mass is 10.2. The number of ether oxygens (including phenoxy) is 1. The molecule has 128 valence electrons. The maximum absolute atomic E-state index is 14.4. The van der Waals surface area contributed by atoms with Gasteiger partial charge in [-0.1, -0.05) is 23.9 Å². The highest BCUT2D eigenvalue weighted by Gasteiger charge is 2.23. The van der Waals surface area contributed by atoms with Gasteiger partial charge in [0.15, 0.2) is 11.0 Å². The number of nitrogens with zero attached hydrogens (tertiary/aromatic N) is 4. The van der Waals surface area contributed by atoms with Gasteiger partial charge in [0.1, 0.15) is 11.1 Å². The lowest BCUT2D eigenvalue weighted by molar-refractivity contribution is -0.139. The van der Waals surface area contributed by atoms with E-state index in [0.717, 1.165) is 11.8 Å². The van der Waals surface area contributed by atoms with Gasteiger partial charge in [-0.2, -0.15) is 0 Å². The molecule has 8 heteroatoms. The highest BCUT2D eigenvalue weighted by Crippen LogP contribution is 2.31. The SMILES string of the molecule is COC(=O)[C@@H](C)Sc1nnc(-c2cccnc2)n1-c1ccccc1F. The van der Waals surface area contributed by atoms with Crippen molar-refractivity contribution in [1.29, 1.82) is 0 Å². The second kappa shape index (κ2) is 7.43. The monoisotopic (exact) mass is 358 g/mol. The molecular weight excluding hydrogens is 343 g/mol. The van der Waals surface area contributed by atoms with Gasteiger partial charge in [-0.05, 0) is 31.2 Å². The molecule has 25 heavy (non-hydrogen) atoms. The fourth-order valence-electron chi connectivity index (χ4n) is 2.25. The minimum Gasteiger partial charge on any atom is -0.468 e. The zero-order chi connectivity index (χ0) is 17.8. The molecule has 0 radical (unpaired) electrons. The Balaban J connectivity index is 2.12. The number of halogens is 1. The summed E-state index contributed by atoms with van der Waals surface area (Å²) in [6.45, 7) is 1.70. The summed E-state index contributed by atoms with van der Waals surface area (Å²) in [6.07, 6.45) is 3.27. The van der Waals surface area contributed by atoms with Crippen LogP contribution in [0.1, 0.15) is 6.92 Å². The number of hydrogen-bond acceptors (Lipinski definition) is 6. The predicted molar refractivity (Wildman–Crippen MR) is 91.9 cm³/mol. The Morgan fingerprint density at radius 2 is 2.04 bits per heavy atom. The van der Waals surface area contributed by atoms with Gasteiger partial charge in [0.05, 0.1) is 12.8 Å². The quantitative estimate of drug-likeness (QED) is 0.516. The molecule has 0 N–H and O–H groups in total. The predicted octanol–water partition coefficient (Wildman–Crippen LogP) is 3.12. The minimum atomic E-state index is -0.513. The second-order valence-corrected chi connectivity index (χ2v) is 6.43. The normalized spacial score (nSPS) is 12.0. The van der Waals surface area contributed by atoms with Gasteiger partial charge in [0.25, 0.3) is 0 Å². The van der Waals surface area contributed by atoms with Gasteiger partial charge >= 0.3 is 5.97 Å². The molecule has 0 saturated carbocycles. The van der Waals surface area contributed by atoms with Crippen molar-refractivity contribution in [2.45, 2.75) is 17.3 Å². The Bertz CT molecular complexity index is 885. The summed E-state index contributed by atoms with van der Waals surface area (Å²) in [5.74, 6) is -0.367. The smallest absolute Gasteiger partial charge is 0.318 e. The average Bonchev–Trinajstić information content (AvgIpc) is 3.05. The number of carbonyl (C=O) groups is 1. The molecule has 0 bridgehead atoms. The highest BCUT2D eigenvalue weighted by atomic mass is 32.2. The van der Waals surface area contributed by atoms with Crippen LogP contribution in [0, 0.1) is 5.82 Å². The molecule has 2 aromatic heterocycles. The van der Waals surface area contributed by atoms with Crippen molar-refractivity contribution >= 4 is 17.7 Å². The van der Waals surface area contributed by atoms with Crippen LogP contribution in [0.4, 0.5) is 4.39 Å². The van der Waals surface area contributed by atoms with E-state index >= 15 is 0 Å². The van der Waals surface area contributed by atoms with Crippen molar-refractivity contribution in [1.82, 2.24) is 19.7 Å². The third kappa shape index (κ3) is 3.53. The van der Waals surface area contributed by atoms with E-state index in [4.69, 9.17) is 4.74 Å². The molecule has 1 aromatic carbocycles. The fourth-order valence-corrected chi connectivity index (χ4v) is 3.14. The van der Waals surface area contributed by atoms with Gasteiger partial charge in [-0.15, -0.1) is 10.2 Å². The van der Waals surface area contributed by atoms with Gasteiger partial charge in [-0.25, -0.2) is 4.39 Å². The van der Waals surface area contributed by atoms with Gasteiger partial charge in [0.2, 0.25) is 0 Å². The van der Waals surface area contributed by atoms with Crippen molar-refractivity contribution < 1.29 is 13.9 Å². The fraction of sp³-hybridized carbons (Fsp3) is 0.176. The van der Waals surface area contributed by atoms with Crippen molar-refractivity contribution in [2.75, 3.05) is 7.11 Å². The maximum atomic E-state index is 14.4. The summed E-state index contributed by atoms with van der Waals surface area (Å²) in [5.41, 5.74) is 0.988. The van der Waals surface area contributed by atoms with Crippen molar-refractivity contribution in [3.63, 3.8) is 0 Å². The number of methoxy groups -OCH3 is 1. The van der Waals surface area contributed by atoms with Crippen molar-refractivity contribution in [2.24, 2.45) is 0 Å². The molecule has 3 aromatic rings. The minimum absolute atomic E-state index is 0.297. The van der Waals surface area contributed by atoms with Crippen LogP contribution in [0.2, 0.25) is 0 Å². The van der Waals surface area contributed by atoms with Crippen LogP contribution in [0.25, 0.3) is 17.1 Å². The summed E-state index contributed by atoms with van der Waals surface area (Å²) in [4.78, 5) is 15.8. The summed E-state index contributed by atoms with van der Waals surface area (Å²) in [7, 11) is 1.32. The van der Waals surface area contributed by atoms with Gasteiger partial charge in [0, 0.05) is 18.0 Å². The zero-order valence-electron chi connectivity index (χ0n) is 13.6. The molecule has 0 spiro atoms. The van der Waals surface area contributed by atoms with Crippen LogP contribution < -0.4 is 0 Å². The van der Waals surface area contributed by atoms with E-state index in [1.807, 2.05) is 6.07 Å². The Hall–Kier alpha value is -2.74. The Labute approximate surface area is 148 Å². The Morgan fingerprint density at radius 3 is 2.72 bits per heavy atom. The first-order chi connectivity index (χ1) is 12.1. The third-order valence-corrected chi connectivity index (χ3v) is 4.48. The molecule has 0 saturated heterocycles. The van der Waals surface area contributed by atoms with Crippen LogP contribution >= 0.6 is 11.8 Å². The number of para-hydroxylation sites is 1. The van der Waals surface area contributed by atoms with Gasteiger partial charge in [-0.3, -0.25) is 14.3 Å². The number of esters is 1. The summed E-state index contributed by atoms with van der Waals surface area (Å²) in [6, 6.07) is 9.90. The van der Waals surface area contributed by atoms with Crippen LogP contribution in [-0.2, 0) is 9.53 Å². The van der Waals surface area contributed by atoms with E-state index in [-0.39, 0.29) is 0 Å². The summed E-state index contributed by atoms with van der Waals surface area (Å²) >= 11 is 1.15. The first kappa shape index (κ1) is 17.1. The first-order valence-electron chi connectivity index (χ1n) is 7.47. The van der Waals surface area contributed by atoms with Crippen LogP contribution in [0.5, 0.6) is 0 Å². The lowest BCUT2D eigenvalue weighted by Gasteiger charge is -2.13. The number of benzene rings is 1. The number of thioether (sulfide) groups is 1. The van der Waals surface area contributed by atoms with Crippen molar-refractivity contribution in [3.05, 3.63) is 54.6 Å². The van der Waals surface area contributed by atoms with E-state index < -0.39 is 17.0 Å². The topological polar surface area (TPSA) is 69.9 Å². The molecule has 1 atom stereocenters. The molecule has 3 rings (SSSR count). The number of pyridine rings is 1. The molecule has 0 unspecified atom stereocenters. The number of rotatable bonds is 5. The molecule has 0 fully saturated rings. The summed E-state index contributed by atoms with van der Waals surface area (Å²) < 4.78 is 20.7. The lowest BCUT2D eigenvalue weighted by Crippen LogP contribution is -2.15. The van der Waals surface area contributed by atoms with E-state index in [9.17, 15) is 9.18 Å². The number of carbonyl (C=O) groups excluding carboxylic acids is 1. The third-order valence-electron chi connectivity index (χ3n) is 3.46. The van der Waals surface area contributed by atoms with Gasteiger partial charge < -0.3 is 4.74 Å². The molecular formula is C17H15FN4O2S. The van der Waals surface area contributed by atoms with E-state index in [0.29, 0.717) is 22.2 Å². The molecule has 2 heterocycles. The molecule has 0 aliphatic carbocycles. The van der Waals surface area contributed by atoms with E-state index in [1.165, 1.54) is 13.2 Å². The largest absolute Gasteiger partial charge is 0.468 e. The van der Waals surface area contributed by atoms with Crippen molar-refractivity contribution in [3.8, 4) is 17.1 Å². The second-order valence-electron chi connectivity index (χ2n) is 5.12. The molecule has 0 aliphatic heterocycles. The maximum Gasteiger partial charge on any atom is 0.318 e. The van der Waals surface area contributed by atoms with Crippen LogP contribution in [0.15, 0.2) is 53.9 Å². The number of aromatic nitrogens is 4. The molecule has 0 aliphatic rings. The van der Waals surface area contributed by atoms with Crippen LogP contribution in [-0.4, -0.2) is 38.1 Å².